The molecule has 0 saturated carbocycles. The number of rotatable bonds is 50. The summed E-state index contributed by atoms with van der Waals surface area (Å²) in [7, 11) is 1.38. The fourth-order valence-corrected chi connectivity index (χ4v) is 9.06. The van der Waals surface area contributed by atoms with E-state index in [0.717, 1.165) is 0 Å². The number of allylic oxidation sites excluding steroid dienone is 2. The molecule has 0 nitrogen and oxygen atoms in total. The van der Waals surface area contributed by atoms with Gasteiger partial charge in [0.05, 0.1) is 0 Å². The Morgan fingerprint density at radius 3 is 0.509 bits per heavy atom. The summed E-state index contributed by atoms with van der Waals surface area (Å²) in [4.78, 5) is 0. The van der Waals surface area contributed by atoms with Gasteiger partial charge in [-0.3, -0.25) is 0 Å². The van der Waals surface area contributed by atoms with Crippen molar-refractivity contribution < 1.29 is 0 Å². The second-order valence-electron chi connectivity index (χ2n) is 18.1. The first-order valence-electron chi connectivity index (χ1n) is 26.4. The molecule has 0 aliphatic heterocycles. The van der Waals surface area contributed by atoms with E-state index in [4.69, 9.17) is 0 Å². The van der Waals surface area contributed by atoms with Crippen molar-refractivity contribution in [1.29, 1.82) is 0 Å². The summed E-state index contributed by atoms with van der Waals surface area (Å²) in [6, 6.07) is 0. The van der Waals surface area contributed by atoms with Gasteiger partial charge in [0.1, 0.15) is 0 Å². The van der Waals surface area contributed by atoms with Crippen molar-refractivity contribution in [2.45, 2.75) is 322 Å². The third-order valence-electron chi connectivity index (χ3n) is 12.3. The van der Waals surface area contributed by atoms with Gasteiger partial charge in [-0.1, -0.05) is 320 Å². The highest BCUT2D eigenvalue weighted by Crippen LogP contribution is 2.19. The molecule has 0 fully saturated rings. The maximum atomic E-state index is 2.42. The Morgan fingerprint density at radius 2 is 0.345 bits per heavy atom. The SMILES string of the molecule is CCCCCCCCCCCCCCCCCCCCCCCCCC=C[P]C=CCCCCCCCCCCCCCCCCCCCCCCCCC. The van der Waals surface area contributed by atoms with Crippen molar-refractivity contribution in [2.24, 2.45) is 0 Å². The molecule has 0 heterocycles. The molecule has 1 radical (unpaired) electrons. The van der Waals surface area contributed by atoms with E-state index >= 15 is 0 Å². The molecule has 1 heteroatoms. The molecular weight excluding hydrogens is 680 g/mol. The lowest BCUT2D eigenvalue weighted by Gasteiger charge is -2.04. The second kappa shape index (κ2) is 53.9. The van der Waals surface area contributed by atoms with Gasteiger partial charge < -0.3 is 0 Å². The van der Waals surface area contributed by atoms with Crippen LogP contribution in [0.25, 0.3) is 0 Å². The fraction of sp³-hybridized carbons (Fsp3) is 0.926. The maximum Gasteiger partial charge on any atom is -0.0267 e. The van der Waals surface area contributed by atoms with Crippen LogP contribution in [0, 0.1) is 0 Å². The van der Waals surface area contributed by atoms with Crippen molar-refractivity contribution in [3.05, 3.63) is 23.8 Å². The van der Waals surface area contributed by atoms with E-state index in [2.05, 4.69) is 37.6 Å². The van der Waals surface area contributed by atoms with Crippen LogP contribution in [0.3, 0.4) is 0 Å². The standard InChI is InChI=1S/C54H106P/c1-3-5-7-9-11-13-15-17-19-21-23-25-27-29-31-33-35-37-39-41-43-45-47-49-51-53-55-54-52-50-48-46-44-42-40-38-36-34-32-30-28-26-24-22-20-18-16-14-12-10-8-6-4-2/h51-54H,3-50H2,1-2H3. The molecule has 0 aromatic carbocycles. The third-order valence-corrected chi connectivity index (χ3v) is 13.1. The van der Waals surface area contributed by atoms with Crippen LogP contribution in [0.4, 0.5) is 0 Å². The summed E-state index contributed by atoms with van der Waals surface area (Å²) in [5.74, 6) is 4.74. The molecule has 0 aromatic rings. The van der Waals surface area contributed by atoms with E-state index in [9.17, 15) is 0 Å². The van der Waals surface area contributed by atoms with Gasteiger partial charge in [-0.05, 0) is 34.3 Å². The maximum absolute atomic E-state index is 2.42. The summed E-state index contributed by atoms with van der Waals surface area (Å²) in [5, 5.41) is 0. The highest BCUT2D eigenvalue weighted by atomic mass is 31.1. The molecular formula is C54H106P. The average Bonchev–Trinajstić information content (AvgIpc) is 3.20. The molecule has 327 valence electrons. The van der Waals surface area contributed by atoms with Crippen molar-refractivity contribution >= 4 is 8.58 Å². The Hall–Kier alpha value is -0.0900. The molecule has 0 amide bonds. The van der Waals surface area contributed by atoms with Gasteiger partial charge in [-0.2, -0.15) is 0 Å². The lowest BCUT2D eigenvalue weighted by atomic mass is 10.0. The zero-order chi connectivity index (χ0) is 39.5. The van der Waals surface area contributed by atoms with Gasteiger partial charge in [0.25, 0.3) is 0 Å². The van der Waals surface area contributed by atoms with Crippen LogP contribution in [0.2, 0.25) is 0 Å². The van der Waals surface area contributed by atoms with Gasteiger partial charge in [-0.25, -0.2) is 0 Å². The largest absolute Gasteiger partial charge is 0.0834 e. The lowest BCUT2D eigenvalue weighted by molar-refractivity contribution is 0.518. The molecule has 55 heavy (non-hydrogen) atoms. The van der Waals surface area contributed by atoms with Crippen LogP contribution in [0.1, 0.15) is 322 Å². The first-order chi connectivity index (χ1) is 27.4. The van der Waals surface area contributed by atoms with Crippen LogP contribution in [-0.2, 0) is 0 Å². The monoisotopic (exact) mass is 786 g/mol. The van der Waals surface area contributed by atoms with Crippen molar-refractivity contribution in [3.8, 4) is 0 Å². The summed E-state index contributed by atoms with van der Waals surface area (Å²) >= 11 is 0. The van der Waals surface area contributed by atoms with Gasteiger partial charge in [0.2, 0.25) is 0 Å². The highest BCUT2D eigenvalue weighted by molar-refractivity contribution is 7.45. The zero-order valence-corrected chi connectivity index (χ0v) is 39.6. The van der Waals surface area contributed by atoms with Gasteiger partial charge in [-0.15, -0.1) is 0 Å². The van der Waals surface area contributed by atoms with Gasteiger partial charge in [0, 0.05) is 0 Å². The Morgan fingerprint density at radius 1 is 0.200 bits per heavy atom. The Kier molecular flexibility index (Phi) is 53.8. The average molecular weight is 786 g/mol. The first-order valence-corrected chi connectivity index (χ1v) is 27.4. The van der Waals surface area contributed by atoms with E-state index < -0.39 is 0 Å². The van der Waals surface area contributed by atoms with E-state index in [1.165, 1.54) is 317 Å². The summed E-state index contributed by atoms with van der Waals surface area (Å²) in [5.41, 5.74) is 0. The molecule has 0 N–H and O–H groups in total. The van der Waals surface area contributed by atoms with Gasteiger partial charge in [0.15, 0.2) is 0 Å². The summed E-state index contributed by atoms with van der Waals surface area (Å²) in [6.07, 6.45) is 74.9. The summed E-state index contributed by atoms with van der Waals surface area (Å²) in [6.45, 7) is 4.62. The normalized spacial score (nSPS) is 12.2. The predicted molar refractivity (Wildman–Crippen MR) is 258 cm³/mol. The molecule has 0 aliphatic rings. The quantitative estimate of drug-likeness (QED) is 0.0426. The third kappa shape index (κ3) is 53.9. The molecule has 0 spiro atoms. The number of hydrogen-bond acceptors (Lipinski definition) is 0. The van der Waals surface area contributed by atoms with Crippen LogP contribution in [0.5, 0.6) is 0 Å². The molecule has 0 aromatic heterocycles. The van der Waals surface area contributed by atoms with Crippen molar-refractivity contribution in [3.63, 3.8) is 0 Å². The second-order valence-corrected chi connectivity index (χ2v) is 18.9. The number of hydrogen-bond donors (Lipinski definition) is 0. The van der Waals surface area contributed by atoms with Crippen LogP contribution in [-0.4, -0.2) is 0 Å². The topological polar surface area (TPSA) is 0 Å². The molecule has 0 saturated heterocycles. The van der Waals surface area contributed by atoms with Crippen LogP contribution < -0.4 is 0 Å². The minimum Gasteiger partial charge on any atom is -0.0834 e. The molecule has 0 aliphatic carbocycles. The molecule has 0 unspecified atom stereocenters. The van der Waals surface area contributed by atoms with Crippen molar-refractivity contribution in [2.75, 3.05) is 0 Å². The van der Waals surface area contributed by atoms with Crippen molar-refractivity contribution in [1.82, 2.24) is 0 Å². The molecule has 0 rings (SSSR count). The van der Waals surface area contributed by atoms with Crippen LogP contribution in [0.15, 0.2) is 23.8 Å². The van der Waals surface area contributed by atoms with E-state index in [0.29, 0.717) is 0 Å². The molecule has 0 atom stereocenters. The fourth-order valence-electron chi connectivity index (χ4n) is 8.42. The Labute approximate surface area is 353 Å². The van der Waals surface area contributed by atoms with E-state index in [1.54, 1.807) is 0 Å². The number of unbranched alkanes of at least 4 members (excludes halogenated alkanes) is 46. The molecule has 0 bridgehead atoms. The summed E-state index contributed by atoms with van der Waals surface area (Å²) < 4.78 is 0. The highest BCUT2D eigenvalue weighted by Gasteiger charge is 1.98. The van der Waals surface area contributed by atoms with E-state index in [1.807, 2.05) is 0 Å². The predicted octanol–water partition coefficient (Wildman–Crippen LogP) is 21.7. The lowest BCUT2D eigenvalue weighted by Crippen LogP contribution is -1.84. The van der Waals surface area contributed by atoms with Gasteiger partial charge >= 0.3 is 0 Å². The Bertz CT molecular complexity index is 635. The van der Waals surface area contributed by atoms with E-state index in [-0.39, 0.29) is 0 Å². The minimum atomic E-state index is 1.28. The Balaban J connectivity index is 3.14. The minimum absolute atomic E-state index is 1.28. The first kappa shape index (κ1) is 54.9. The smallest absolute Gasteiger partial charge is 0.0267 e. The zero-order valence-electron chi connectivity index (χ0n) is 38.7. The van der Waals surface area contributed by atoms with Crippen LogP contribution >= 0.6 is 8.58 Å².